The van der Waals surface area contributed by atoms with E-state index in [4.69, 9.17) is 28.9 Å². The smallest absolute Gasteiger partial charge is 0.0639 e. The summed E-state index contributed by atoms with van der Waals surface area (Å²) in [5, 5.41) is 1.18. The molecule has 0 aromatic heterocycles. The zero-order chi connectivity index (χ0) is 11.3. The van der Waals surface area contributed by atoms with Gasteiger partial charge in [-0.25, -0.2) is 0 Å². The van der Waals surface area contributed by atoms with Gasteiger partial charge >= 0.3 is 0 Å². The predicted octanol–water partition coefficient (Wildman–Crippen LogP) is 5.00. The van der Waals surface area contributed by atoms with E-state index in [1.807, 2.05) is 12.1 Å². The summed E-state index contributed by atoms with van der Waals surface area (Å²) in [7, 11) is 0. The van der Waals surface area contributed by atoms with Crippen molar-refractivity contribution >= 4 is 35.6 Å². The number of halogens is 3. The lowest BCUT2D eigenvalue weighted by atomic mass is 10.0. The molecular weight excluding hydrogens is 264 g/mol. The molecule has 0 aliphatic heterocycles. The van der Waals surface area contributed by atoms with Crippen LogP contribution >= 0.6 is 35.6 Å². The molecule has 2 N–H and O–H groups in total. The molecule has 0 heterocycles. The molecule has 1 aromatic carbocycles. The molecule has 1 rings (SSSR count). The van der Waals surface area contributed by atoms with E-state index in [1.165, 1.54) is 12.8 Å². The zero-order valence-electron chi connectivity index (χ0n) is 9.38. The molecular formula is C12H18Cl3N. The SMILES string of the molecule is CCCCC[C@H](N)c1cccc(Cl)c1Cl.Cl. The van der Waals surface area contributed by atoms with Gasteiger partial charge in [-0.15, -0.1) is 12.4 Å². The Kier molecular flexibility index (Phi) is 8.21. The van der Waals surface area contributed by atoms with E-state index in [0.29, 0.717) is 10.0 Å². The van der Waals surface area contributed by atoms with Crippen molar-refractivity contribution in [3.05, 3.63) is 33.8 Å². The number of benzene rings is 1. The molecule has 0 saturated carbocycles. The van der Waals surface area contributed by atoms with Crippen molar-refractivity contribution in [2.75, 3.05) is 0 Å². The molecule has 0 saturated heterocycles. The number of nitrogens with two attached hydrogens (primary N) is 1. The van der Waals surface area contributed by atoms with Gasteiger partial charge in [0, 0.05) is 6.04 Å². The number of unbranched alkanes of at least 4 members (excludes halogenated alkanes) is 2. The molecule has 0 spiro atoms. The van der Waals surface area contributed by atoms with Gasteiger partial charge in [0.05, 0.1) is 10.0 Å². The molecule has 0 aliphatic rings. The number of hydrogen-bond donors (Lipinski definition) is 1. The van der Waals surface area contributed by atoms with Gasteiger partial charge in [-0.3, -0.25) is 0 Å². The average molecular weight is 283 g/mol. The molecule has 0 fully saturated rings. The molecule has 0 amide bonds. The third-order valence-electron chi connectivity index (χ3n) is 2.50. The molecule has 1 nitrogen and oxygen atoms in total. The van der Waals surface area contributed by atoms with Crippen molar-refractivity contribution in [1.82, 2.24) is 0 Å². The number of rotatable bonds is 5. The van der Waals surface area contributed by atoms with Crippen LogP contribution in [-0.2, 0) is 0 Å². The van der Waals surface area contributed by atoms with Crippen molar-refractivity contribution in [1.29, 1.82) is 0 Å². The van der Waals surface area contributed by atoms with Gasteiger partial charge in [0.25, 0.3) is 0 Å². The Morgan fingerprint density at radius 3 is 2.56 bits per heavy atom. The summed E-state index contributed by atoms with van der Waals surface area (Å²) in [6, 6.07) is 5.63. The van der Waals surface area contributed by atoms with E-state index >= 15 is 0 Å². The maximum Gasteiger partial charge on any atom is 0.0639 e. The Morgan fingerprint density at radius 1 is 1.25 bits per heavy atom. The van der Waals surface area contributed by atoms with E-state index in [-0.39, 0.29) is 18.4 Å². The van der Waals surface area contributed by atoms with E-state index in [9.17, 15) is 0 Å². The minimum atomic E-state index is 0. The molecule has 1 aromatic rings. The van der Waals surface area contributed by atoms with Crippen molar-refractivity contribution in [3.8, 4) is 0 Å². The van der Waals surface area contributed by atoms with E-state index in [1.54, 1.807) is 6.07 Å². The quantitative estimate of drug-likeness (QED) is 0.756. The molecule has 0 unspecified atom stereocenters. The second-order valence-electron chi connectivity index (χ2n) is 3.75. The first-order valence-corrected chi connectivity index (χ1v) is 6.12. The minimum Gasteiger partial charge on any atom is -0.324 e. The monoisotopic (exact) mass is 281 g/mol. The van der Waals surface area contributed by atoms with Gasteiger partial charge in [0.2, 0.25) is 0 Å². The first-order valence-electron chi connectivity index (χ1n) is 5.36. The summed E-state index contributed by atoms with van der Waals surface area (Å²) < 4.78 is 0. The zero-order valence-corrected chi connectivity index (χ0v) is 11.7. The Morgan fingerprint density at radius 2 is 1.94 bits per heavy atom. The Bertz CT molecular complexity index is 315. The van der Waals surface area contributed by atoms with Gasteiger partial charge in [0.15, 0.2) is 0 Å². The van der Waals surface area contributed by atoms with Crippen LogP contribution in [-0.4, -0.2) is 0 Å². The Labute approximate surface area is 114 Å². The first-order chi connectivity index (χ1) is 7.16. The largest absolute Gasteiger partial charge is 0.324 e. The van der Waals surface area contributed by atoms with Gasteiger partial charge in [-0.2, -0.15) is 0 Å². The molecule has 92 valence electrons. The summed E-state index contributed by atoms with van der Waals surface area (Å²) in [5.41, 5.74) is 7.02. The van der Waals surface area contributed by atoms with E-state index in [0.717, 1.165) is 18.4 Å². The normalized spacial score (nSPS) is 12.0. The van der Waals surface area contributed by atoms with Crippen LogP contribution in [0.3, 0.4) is 0 Å². The molecule has 4 heteroatoms. The second kappa shape index (κ2) is 8.19. The van der Waals surface area contributed by atoms with Crippen molar-refractivity contribution in [2.45, 2.75) is 38.6 Å². The Hall–Kier alpha value is 0.0500. The van der Waals surface area contributed by atoms with Crippen molar-refractivity contribution in [3.63, 3.8) is 0 Å². The van der Waals surface area contributed by atoms with Crippen LogP contribution in [0.1, 0.15) is 44.2 Å². The lowest BCUT2D eigenvalue weighted by Crippen LogP contribution is -2.10. The highest BCUT2D eigenvalue weighted by atomic mass is 35.5. The molecule has 0 radical (unpaired) electrons. The maximum absolute atomic E-state index is 6.09. The van der Waals surface area contributed by atoms with Gasteiger partial charge in [-0.05, 0) is 18.1 Å². The van der Waals surface area contributed by atoms with Crippen LogP contribution in [0.5, 0.6) is 0 Å². The topological polar surface area (TPSA) is 26.0 Å². The highest BCUT2D eigenvalue weighted by Crippen LogP contribution is 2.30. The fourth-order valence-electron chi connectivity index (χ4n) is 1.58. The molecule has 16 heavy (non-hydrogen) atoms. The molecule has 0 bridgehead atoms. The standard InChI is InChI=1S/C12H17Cl2N.ClH/c1-2-3-4-8-11(15)9-6-5-7-10(13)12(9)14;/h5-7,11H,2-4,8,15H2,1H3;1H/t11-;/m0./s1. The van der Waals surface area contributed by atoms with Crippen LogP contribution in [0.2, 0.25) is 10.0 Å². The first kappa shape index (κ1) is 16.1. The molecule has 0 aliphatic carbocycles. The highest BCUT2D eigenvalue weighted by Gasteiger charge is 2.11. The average Bonchev–Trinajstić information content (AvgIpc) is 2.22. The highest BCUT2D eigenvalue weighted by molar-refractivity contribution is 6.42. The lowest BCUT2D eigenvalue weighted by Gasteiger charge is -2.14. The second-order valence-corrected chi connectivity index (χ2v) is 4.53. The fraction of sp³-hybridized carbons (Fsp3) is 0.500. The van der Waals surface area contributed by atoms with Crippen LogP contribution in [0.25, 0.3) is 0 Å². The van der Waals surface area contributed by atoms with Crippen molar-refractivity contribution < 1.29 is 0 Å². The summed E-state index contributed by atoms with van der Waals surface area (Å²) in [6.45, 7) is 2.18. The van der Waals surface area contributed by atoms with Crippen LogP contribution < -0.4 is 5.73 Å². The maximum atomic E-state index is 6.09. The van der Waals surface area contributed by atoms with Gasteiger partial charge < -0.3 is 5.73 Å². The lowest BCUT2D eigenvalue weighted by molar-refractivity contribution is 0.581. The summed E-state index contributed by atoms with van der Waals surface area (Å²) in [5.74, 6) is 0. The summed E-state index contributed by atoms with van der Waals surface area (Å²) >= 11 is 12.0. The van der Waals surface area contributed by atoms with Gasteiger partial charge in [-0.1, -0.05) is 61.5 Å². The van der Waals surface area contributed by atoms with E-state index in [2.05, 4.69) is 6.92 Å². The van der Waals surface area contributed by atoms with Crippen LogP contribution in [0.15, 0.2) is 18.2 Å². The van der Waals surface area contributed by atoms with Crippen molar-refractivity contribution in [2.24, 2.45) is 5.73 Å². The van der Waals surface area contributed by atoms with Gasteiger partial charge in [0.1, 0.15) is 0 Å². The third-order valence-corrected chi connectivity index (χ3v) is 3.33. The fourth-order valence-corrected chi connectivity index (χ4v) is 2.02. The van der Waals surface area contributed by atoms with E-state index < -0.39 is 0 Å². The third kappa shape index (κ3) is 4.50. The van der Waals surface area contributed by atoms with Crippen LogP contribution in [0.4, 0.5) is 0 Å². The minimum absolute atomic E-state index is 0. The summed E-state index contributed by atoms with van der Waals surface area (Å²) in [4.78, 5) is 0. The number of hydrogen-bond acceptors (Lipinski definition) is 1. The summed E-state index contributed by atoms with van der Waals surface area (Å²) in [6.07, 6.45) is 4.52. The molecule has 1 atom stereocenters. The Balaban J connectivity index is 0.00000225. The van der Waals surface area contributed by atoms with Crippen LogP contribution in [0, 0.1) is 0 Å². The predicted molar refractivity (Wildman–Crippen MR) is 74.8 cm³/mol.